The van der Waals surface area contributed by atoms with E-state index in [2.05, 4.69) is 5.10 Å². The highest BCUT2D eigenvalue weighted by Crippen LogP contribution is 2.25. The summed E-state index contributed by atoms with van der Waals surface area (Å²) in [4.78, 5) is 0. The average Bonchev–Trinajstić information content (AvgIpc) is 2.58. The predicted molar refractivity (Wildman–Crippen MR) is 64.2 cm³/mol. The monoisotopic (exact) mass is 274 g/mol. The van der Waals surface area contributed by atoms with Gasteiger partial charge in [0.05, 0.1) is 23.0 Å². The number of hydrogen-bond donors (Lipinski definition) is 1. The first-order valence-electron chi connectivity index (χ1n) is 4.85. The van der Waals surface area contributed by atoms with Gasteiger partial charge in [0.15, 0.2) is 0 Å². The zero-order valence-corrected chi connectivity index (χ0v) is 10.4. The fraction of sp³-hybridized carbons (Fsp3) is 0.182. The van der Waals surface area contributed by atoms with E-state index in [1.807, 2.05) is 0 Å². The van der Waals surface area contributed by atoms with E-state index in [4.69, 9.17) is 28.3 Å². The normalized spacial score (nSPS) is 10.9. The van der Waals surface area contributed by atoms with Crippen LogP contribution in [-0.2, 0) is 6.61 Å². The number of benzene rings is 1. The van der Waals surface area contributed by atoms with E-state index in [0.29, 0.717) is 16.9 Å². The summed E-state index contributed by atoms with van der Waals surface area (Å²) in [6, 6.07) is 4.27. The van der Waals surface area contributed by atoms with Gasteiger partial charge in [0.2, 0.25) is 0 Å². The molecule has 0 saturated heterocycles. The molecule has 1 aromatic carbocycles. The van der Waals surface area contributed by atoms with Crippen molar-refractivity contribution in [2.24, 2.45) is 0 Å². The summed E-state index contributed by atoms with van der Waals surface area (Å²) in [6.07, 6.45) is 0. The second-order valence-corrected chi connectivity index (χ2v) is 4.29. The van der Waals surface area contributed by atoms with Crippen LogP contribution in [0.3, 0.4) is 0 Å². The van der Waals surface area contributed by atoms with Gasteiger partial charge in [-0.15, -0.1) is 0 Å². The van der Waals surface area contributed by atoms with E-state index < -0.39 is 5.82 Å². The summed E-state index contributed by atoms with van der Waals surface area (Å²) in [7, 11) is 0. The number of nitrogens with zero attached hydrogens (tertiary/aromatic N) is 2. The molecule has 6 heteroatoms. The Bertz CT molecular complexity index is 569. The fourth-order valence-corrected chi connectivity index (χ4v) is 1.95. The topological polar surface area (TPSA) is 38.0 Å². The van der Waals surface area contributed by atoms with E-state index in [-0.39, 0.29) is 16.8 Å². The Morgan fingerprint density at radius 3 is 2.65 bits per heavy atom. The Morgan fingerprint density at radius 1 is 1.41 bits per heavy atom. The van der Waals surface area contributed by atoms with Gasteiger partial charge in [0, 0.05) is 11.6 Å². The lowest BCUT2D eigenvalue weighted by molar-refractivity contribution is 0.281. The van der Waals surface area contributed by atoms with Crippen molar-refractivity contribution in [1.29, 1.82) is 0 Å². The minimum atomic E-state index is -0.543. The smallest absolute Gasteiger partial charge is 0.143 e. The molecule has 0 unspecified atom stereocenters. The van der Waals surface area contributed by atoms with Crippen molar-refractivity contribution in [3.63, 3.8) is 0 Å². The molecule has 0 saturated carbocycles. The van der Waals surface area contributed by atoms with Gasteiger partial charge in [-0.3, -0.25) is 0 Å². The third-order valence-corrected chi connectivity index (χ3v) is 3.12. The van der Waals surface area contributed by atoms with E-state index in [9.17, 15) is 4.39 Å². The molecule has 0 atom stereocenters. The summed E-state index contributed by atoms with van der Waals surface area (Å²) in [6.45, 7) is 1.51. The number of hydrogen-bond acceptors (Lipinski definition) is 2. The maximum absolute atomic E-state index is 13.3. The van der Waals surface area contributed by atoms with Crippen LogP contribution < -0.4 is 0 Å². The molecular weight excluding hydrogens is 266 g/mol. The first-order valence-corrected chi connectivity index (χ1v) is 5.60. The number of rotatable bonds is 2. The molecular formula is C11H9Cl2FN2O. The standard InChI is InChI=1S/C11H9Cl2FN2O/c1-6-8(5-17)11(13)16(15-6)7-2-3-9(12)10(14)4-7/h2-4,17H,5H2,1H3. The molecule has 0 spiro atoms. The second-order valence-electron chi connectivity index (χ2n) is 3.52. The minimum Gasteiger partial charge on any atom is -0.391 e. The van der Waals surface area contributed by atoms with Crippen molar-refractivity contribution in [3.05, 3.63) is 45.4 Å². The van der Waals surface area contributed by atoms with E-state index >= 15 is 0 Å². The Labute approximate surface area is 107 Å². The molecule has 1 aromatic heterocycles. The second kappa shape index (κ2) is 4.64. The Morgan fingerprint density at radius 2 is 2.12 bits per heavy atom. The first-order chi connectivity index (χ1) is 8.04. The first kappa shape index (κ1) is 12.4. The number of aliphatic hydroxyl groups excluding tert-OH is 1. The maximum atomic E-state index is 13.3. The Hall–Kier alpha value is -1.10. The fourth-order valence-electron chi connectivity index (χ4n) is 1.50. The van der Waals surface area contributed by atoms with E-state index in [1.54, 1.807) is 13.0 Å². The Balaban J connectivity index is 2.57. The van der Waals surface area contributed by atoms with Crippen molar-refractivity contribution >= 4 is 23.2 Å². The van der Waals surface area contributed by atoms with Gasteiger partial charge in [-0.1, -0.05) is 23.2 Å². The molecule has 17 heavy (non-hydrogen) atoms. The van der Waals surface area contributed by atoms with Gasteiger partial charge in [0.1, 0.15) is 11.0 Å². The van der Waals surface area contributed by atoms with Crippen LogP contribution in [0.5, 0.6) is 0 Å². The maximum Gasteiger partial charge on any atom is 0.143 e. The molecule has 0 aliphatic rings. The van der Waals surface area contributed by atoms with Crippen molar-refractivity contribution in [3.8, 4) is 5.69 Å². The third kappa shape index (κ3) is 2.16. The molecule has 90 valence electrons. The molecule has 2 aromatic rings. The van der Waals surface area contributed by atoms with Gasteiger partial charge < -0.3 is 5.11 Å². The average molecular weight is 275 g/mol. The molecule has 2 rings (SSSR count). The van der Waals surface area contributed by atoms with Crippen molar-refractivity contribution < 1.29 is 9.50 Å². The Kier molecular flexibility index (Phi) is 3.38. The predicted octanol–water partition coefficient (Wildman–Crippen LogP) is 3.12. The summed E-state index contributed by atoms with van der Waals surface area (Å²) in [5.41, 5.74) is 1.59. The molecule has 1 N–H and O–H groups in total. The van der Waals surface area contributed by atoms with Crippen LogP contribution in [-0.4, -0.2) is 14.9 Å². The van der Waals surface area contributed by atoms with E-state index in [0.717, 1.165) is 0 Å². The molecule has 0 amide bonds. The summed E-state index contributed by atoms with van der Waals surface area (Å²) in [5, 5.41) is 13.6. The van der Waals surface area contributed by atoms with Crippen LogP contribution in [0.15, 0.2) is 18.2 Å². The highest BCUT2D eigenvalue weighted by atomic mass is 35.5. The number of aliphatic hydroxyl groups is 1. The van der Waals surface area contributed by atoms with Crippen LogP contribution in [0, 0.1) is 12.7 Å². The van der Waals surface area contributed by atoms with Crippen LogP contribution in [0.1, 0.15) is 11.3 Å². The van der Waals surface area contributed by atoms with Gasteiger partial charge in [-0.25, -0.2) is 9.07 Å². The largest absolute Gasteiger partial charge is 0.391 e. The van der Waals surface area contributed by atoms with E-state index in [1.165, 1.54) is 16.8 Å². The lowest BCUT2D eigenvalue weighted by atomic mass is 10.3. The summed E-state index contributed by atoms with van der Waals surface area (Å²) >= 11 is 11.6. The highest BCUT2D eigenvalue weighted by molar-refractivity contribution is 6.31. The zero-order valence-electron chi connectivity index (χ0n) is 8.91. The molecule has 0 bridgehead atoms. The van der Waals surface area contributed by atoms with Gasteiger partial charge in [0.25, 0.3) is 0 Å². The van der Waals surface area contributed by atoms with Gasteiger partial charge >= 0.3 is 0 Å². The third-order valence-electron chi connectivity index (χ3n) is 2.43. The number of aryl methyl sites for hydroxylation is 1. The molecule has 0 aliphatic heterocycles. The summed E-state index contributed by atoms with van der Waals surface area (Å²) in [5.74, 6) is -0.543. The molecule has 0 aliphatic carbocycles. The minimum absolute atomic E-state index is 0.0381. The molecule has 0 radical (unpaired) electrons. The number of halogens is 3. The van der Waals surface area contributed by atoms with Crippen LogP contribution >= 0.6 is 23.2 Å². The molecule has 3 nitrogen and oxygen atoms in total. The molecule has 0 fully saturated rings. The van der Waals surface area contributed by atoms with Crippen LogP contribution in [0.25, 0.3) is 5.69 Å². The van der Waals surface area contributed by atoms with Crippen LogP contribution in [0.2, 0.25) is 10.2 Å². The quantitative estimate of drug-likeness (QED) is 0.914. The zero-order chi connectivity index (χ0) is 12.6. The van der Waals surface area contributed by atoms with Crippen LogP contribution in [0.4, 0.5) is 4.39 Å². The summed E-state index contributed by atoms with van der Waals surface area (Å²) < 4.78 is 14.7. The van der Waals surface area contributed by atoms with Gasteiger partial charge in [-0.05, 0) is 19.1 Å². The van der Waals surface area contributed by atoms with Crippen molar-refractivity contribution in [2.75, 3.05) is 0 Å². The SMILES string of the molecule is Cc1nn(-c2ccc(Cl)c(F)c2)c(Cl)c1CO. The molecule has 1 heterocycles. The highest BCUT2D eigenvalue weighted by Gasteiger charge is 2.14. The van der Waals surface area contributed by atoms with Crippen molar-refractivity contribution in [2.45, 2.75) is 13.5 Å². The lowest BCUT2D eigenvalue weighted by Gasteiger charge is -2.04. The number of aromatic nitrogens is 2. The van der Waals surface area contributed by atoms with Gasteiger partial charge in [-0.2, -0.15) is 5.10 Å². The van der Waals surface area contributed by atoms with Crippen molar-refractivity contribution in [1.82, 2.24) is 9.78 Å². The lowest BCUT2D eigenvalue weighted by Crippen LogP contribution is -1.97.